The first-order chi connectivity index (χ1) is 13.8. The monoisotopic (exact) mass is 399 g/mol. The summed E-state index contributed by atoms with van der Waals surface area (Å²) in [5.41, 5.74) is 1.15. The number of nitrogens with one attached hydrogen (secondary N) is 1. The molecule has 0 unspecified atom stereocenters. The van der Waals surface area contributed by atoms with Crippen LogP contribution in [0.25, 0.3) is 5.69 Å². The van der Waals surface area contributed by atoms with E-state index >= 15 is 0 Å². The molecule has 1 aliphatic rings. The first kappa shape index (κ1) is 21.0. The highest BCUT2D eigenvalue weighted by atomic mass is 16.6. The Morgan fingerprint density at radius 2 is 1.93 bits per heavy atom. The Balaban J connectivity index is 1.61. The first-order valence-corrected chi connectivity index (χ1v) is 10.2. The minimum atomic E-state index is -0.445. The van der Waals surface area contributed by atoms with Crippen LogP contribution in [0.2, 0.25) is 0 Å². The second-order valence-corrected chi connectivity index (χ2v) is 8.19. The number of piperidine rings is 1. The molecule has 2 heterocycles. The lowest BCUT2D eigenvalue weighted by Crippen LogP contribution is -2.49. The van der Waals surface area contributed by atoms with Gasteiger partial charge in [0.05, 0.1) is 22.4 Å². The smallest absolute Gasteiger partial charge is 0.269 e. The number of carbonyl (C=O) groups excluding carboxylic acids is 1. The maximum atomic E-state index is 12.6. The number of amides is 1. The normalized spacial score (nSPS) is 16.7. The lowest BCUT2D eigenvalue weighted by Gasteiger charge is -2.38. The molecule has 0 bridgehead atoms. The van der Waals surface area contributed by atoms with E-state index in [1.165, 1.54) is 31.2 Å². The van der Waals surface area contributed by atoms with Gasteiger partial charge in [-0.2, -0.15) is 5.10 Å². The summed E-state index contributed by atoms with van der Waals surface area (Å²) in [6.07, 6.45) is 5.57. The molecule has 156 valence electrons. The SMILES string of the molecule is CC1CCN([C@H](CNC(=O)c2cnn(-c3ccc([N+](=O)[O-])cc3)c2)C(C)C)CC1. The van der Waals surface area contributed by atoms with Gasteiger partial charge in [0, 0.05) is 30.9 Å². The number of nitro groups is 1. The lowest BCUT2D eigenvalue weighted by atomic mass is 9.94. The van der Waals surface area contributed by atoms with E-state index < -0.39 is 4.92 Å². The predicted octanol–water partition coefficient (Wildman–Crippen LogP) is 3.27. The Bertz CT molecular complexity index is 838. The van der Waals surface area contributed by atoms with Crippen molar-refractivity contribution in [2.75, 3.05) is 19.6 Å². The molecule has 0 aliphatic carbocycles. The summed E-state index contributed by atoms with van der Waals surface area (Å²) < 4.78 is 1.55. The Kier molecular flexibility index (Phi) is 6.64. The first-order valence-electron chi connectivity index (χ1n) is 10.2. The van der Waals surface area contributed by atoms with E-state index in [1.54, 1.807) is 23.0 Å². The van der Waals surface area contributed by atoms with Gasteiger partial charge in [0.2, 0.25) is 0 Å². The fourth-order valence-electron chi connectivity index (χ4n) is 3.75. The summed E-state index contributed by atoms with van der Waals surface area (Å²) in [4.78, 5) is 25.4. The van der Waals surface area contributed by atoms with Crippen molar-refractivity contribution in [2.24, 2.45) is 11.8 Å². The summed E-state index contributed by atoms with van der Waals surface area (Å²) in [6, 6.07) is 6.38. The Morgan fingerprint density at radius 1 is 1.28 bits per heavy atom. The largest absolute Gasteiger partial charge is 0.350 e. The molecule has 0 radical (unpaired) electrons. The van der Waals surface area contributed by atoms with E-state index in [0.717, 1.165) is 19.0 Å². The van der Waals surface area contributed by atoms with E-state index in [2.05, 4.69) is 36.1 Å². The topological polar surface area (TPSA) is 93.3 Å². The van der Waals surface area contributed by atoms with Crippen molar-refractivity contribution in [1.82, 2.24) is 20.0 Å². The molecule has 8 heteroatoms. The van der Waals surface area contributed by atoms with E-state index in [4.69, 9.17) is 0 Å². The van der Waals surface area contributed by atoms with Crippen LogP contribution in [-0.2, 0) is 0 Å². The maximum Gasteiger partial charge on any atom is 0.269 e. The van der Waals surface area contributed by atoms with Crippen molar-refractivity contribution in [1.29, 1.82) is 0 Å². The third-order valence-corrected chi connectivity index (χ3v) is 5.70. The minimum Gasteiger partial charge on any atom is -0.350 e. The number of rotatable bonds is 7. The van der Waals surface area contributed by atoms with Crippen LogP contribution in [0.3, 0.4) is 0 Å². The fourth-order valence-corrected chi connectivity index (χ4v) is 3.75. The molecule has 1 saturated heterocycles. The second kappa shape index (κ2) is 9.17. The van der Waals surface area contributed by atoms with Gasteiger partial charge >= 0.3 is 0 Å². The fraction of sp³-hybridized carbons (Fsp3) is 0.524. The van der Waals surface area contributed by atoms with Gasteiger partial charge in [0.25, 0.3) is 11.6 Å². The van der Waals surface area contributed by atoms with E-state index in [1.807, 2.05) is 0 Å². The van der Waals surface area contributed by atoms with Crippen molar-refractivity contribution >= 4 is 11.6 Å². The Morgan fingerprint density at radius 3 is 2.52 bits per heavy atom. The van der Waals surface area contributed by atoms with Gasteiger partial charge in [-0.15, -0.1) is 0 Å². The average molecular weight is 399 g/mol. The molecule has 1 aromatic carbocycles. The van der Waals surface area contributed by atoms with Gasteiger partial charge < -0.3 is 5.32 Å². The van der Waals surface area contributed by atoms with Gasteiger partial charge in [-0.05, 0) is 49.9 Å². The lowest BCUT2D eigenvalue weighted by molar-refractivity contribution is -0.384. The van der Waals surface area contributed by atoms with Crippen molar-refractivity contribution in [3.63, 3.8) is 0 Å². The summed E-state index contributed by atoms with van der Waals surface area (Å²) >= 11 is 0. The molecule has 0 saturated carbocycles. The number of likely N-dealkylation sites (tertiary alicyclic amines) is 1. The van der Waals surface area contributed by atoms with Crippen molar-refractivity contribution in [2.45, 2.75) is 39.7 Å². The van der Waals surface area contributed by atoms with Crippen LogP contribution < -0.4 is 5.32 Å². The zero-order valence-corrected chi connectivity index (χ0v) is 17.2. The summed E-state index contributed by atoms with van der Waals surface area (Å²) in [7, 11) is 0. The molecular formula is C21H29N5O3. The minimum absolute atomic E-state index is 0.0192. The van der Waals surface area contributed by atoms with Gasteiger partial charge in [-0.25, -0.2) is 4.68 Å². The molecule has 1 aliphatic heterocycles. The van der Waals surface area contributed by atoms with Gasteiger partial charge in [0.15, 0.2) is 0 Å². The van der Waals surface area contributed by atoms with Gasteiger partial charge in [0.1, 0.15) is 0 Å². The molecule has 8 nitrogen and oxygen atoms in total. The maximum absolute atomic E-state index is 12.6. The molecule has 0 spiro atoms. The number of aromatic nitrogens is 2. The number of nitrogens with zero attached hydrogens (tertiary/aromatic N) is 4. The quantitative estimate of drug-likeness (QED) is 0.570. The molecule has 1 amide bonds. The van der Waals surface area contributed by atoms with Crippen LogP contribution in [0.4, 0.5) is 5.69 Å². The van der Waals surface area contributed by atoms with E-state index in [9.17, 15) is 14.9 Å². The standard InChI is InChI=1S/C21H29N5O3/c1-15(2)20(24-10-8-16(3)9-11-24)13-22-21(27)17-12-23-25(14-17)18-4-6-19(7-5-18)26(28)29/h4-7,12,14-16,20H,8-11,13H2,1-3H3,(H,22,27)/t20-/m1/s1. The summed E-state index contributed by atoms with van der Waals surface area (Å²) in [5, 5.41) is 18.0. The van der Waals surface area contributed by atoms with Crippen molar-refractivity contribution in [3.8, 4) is 5.69 Å². The van der Waals surface area contributed by atoms with Crippen LogP contribution in [0, 0.1) is 22.0 Å². The molecule has 29 heavy (non-hydrogen) atoms. The highest BCUT2D eigenvalue weighted by Gasteiger charge is 2.26. The summed E-state index contributed by atoms with van der Waals surface area (Å²) in [5.74, 6) is 1.07. The Hall–Kier alpha value is -2.74. The van der Waals surface area contributed by atoms with Crippen LogP contribution in [-0.4, -0.2) is 51.2 Å². The third-order valence-electron chi connectivity index (χ3n) is 5.70. The number of carbonyl (C=O) groups is 1. The van der Waals surface area contributed by atoms with Crippen molar-refractivity contribution in [3.05, 3.63) is 52.3 Å². The van der Waals surface area contributed by atoms with Crippen LogP contribution >= 0.6 is 0 Å². The van der Waals surface area contributed by atoms with Gasteiger partial charge in [-0.1, -0.05) is 20.8 Å². The van der Waals surface area contributed by atoms with Crippen LogP contribution in [0.15, 0.2) is 36.7 Å². The predicted molar refractivity (Wildman–Crippen MR) is 111 cm³/mol. The Labute approximate surface area is 171 Å². The third kappa shape index (κ3) is 5.20. The van der Waals surface area contributed by atoms with E-state index in [0.29, 0.717) is 29.8 Å². The highest BCUT2D eigenvalue weighted by molar-refractivity contribution is 5.93. The number of benzene rings is 1. The van der Waals surface area contributed by atoms with Gasteiger partial charge in [-0.3, -0.25) is 19.8 Å². The number of nitro benzene ring substituents is 1. The molecule has 1 fully saturated rings. The number of non-ortho nitro benzene ring substituents is 1. The van der Waals surface area contributed by atoms with E-state index in [-0.39, 0.29) is 11.6 Å². The summed E-state index contributed by atoms with van der Waals surface area (Å²) in [6.45, 7) is 9.46. The average Bonchev–Trinajstić information content (AvgIpc) is 3.19. The number of hydrogen-bond donors (Lipinski definition) is 1. The molecular weight excluding hydrogens is 370 g/mol. The molecule has 1 aromatic heterocycles. The molecule has 1 N–H and O–H groups in total. The zero-order valence-electron chi connectivity index (χ0n) is 17.2. The molecule has 1 atom stereocenters. The number of hydrogen-bond acceptors (Lipinski definition) is 5. The molecule has 3 rings (SSSR count). The van der Waals surface area contributed by atoms with Crippen LogP contribution in [0.1, 0.15) is 44.0 Å². The zero-order chi connectivity index (χ0) is 21.0. The second-order valence-electron chi connectivity index (χ2n) is 8.19. The highest BCUT2D eigenvalue weighted by Crippen LogP contribution is 2.21. The van der Waals surface area contributed by atoms with Crippen molar-refractivity contribution < 1.29 is 9.72 Å². The van der Waals surface area contributed by atoms with Crippen LogP contribution in [0.5, 0.6) is 0 Å². The molecule has 2 aromatic rings.